The van der Waals surface area contributed by atoms with Crippen molar-refractivity contribution in [3.05, 3.63) is 22.4 Å². The van der Waals surface area contributed by atoms with Crippen LogP contribution in [-0.4, -0.2) is 27.2 Å². The lowest BCUT2D eigenvalue weighted by Gasteiger charge is -2.43. The summed E-state index contributed by atoms with van der Waals surface area (Å²) in [5, 5.41) is 4.47. The highest BCUT2D eigenvalue weighted by Gasteiger charge is 2.33. The van der Waals surface area contributed by atoms with Crippen LogP contribution in [0.3, 0.4) is 0 Å². The van der Waals surface area contributed by atoms with Crippen LogP contribution in [0.25, 0.3) is 0 Å². The molecule has 1 aromatic heterocycles. The fourth-order valence-electron chi connectivity index (χ4n) is 2.35. The predicted octanol–water partition coefficient (Wildman–Crippen LogP) is 4.26. The van der Waals surface area contributed by atoms with Crippen molar-refractivity contribution in [1.82, 2.24) is 4.23 Å². The summed E-state index contributed by atoms with van der Waals surface area (Å²) in [6.45, 7) is 16.1. The Balaban J connectivity index is 2.66. The first kappa shape index (κ1) is 14.2. The molecule has 1 heterocycles. The molecule has 1 rings (SSSR count). The van der Waals surface area contributed by atoms with E-state index in [1.165, 1.54) is 18.5 Å². The van der Waals surface area contributed by atoms with E-state index in [4.69, 9.17) is 0 Å². The maximum absolute atomic E-state index is 2.86. The quantitative estimate of drug-likeness (QED) is 0.723. The van der Waals surface area contributed by atoms with E-state index in [0.717, 1.165) is 0 Å². The minimum atomic E-state index is -1.16. The zero-order valence-corrected chi connectivity index (χ0v) is 14.3. The Morgan fingerprint density at radius 2 is 1.62 bits per heavy atom. The van der Waals surface area contributed by atoms with Crippen LogP contribution in [0.2, 0.25) is 39.3 Å². The number of thiophene rings is 1. The second kappa shape index (κ2) is 5.16. The Bertz CT molecular complexity index is 295. The highest BCUT2D eigenvalue weighted by atomic mass is 32.1. The summed E-state index contributed by atoms with van der Waals surface area (Å²) >= 11 is 1.81. The summed E-state index contributed by atoms with van der Waals surface area (Å²) in [7, 11) is -2.31. The molecule has 0 aromatic carbocycles. The molecular formula is C12H25NSSi2. The molecule has 0 N–H and O–H groups in total. The summed E-state index contributed by atoms with van der Waals surface area (Å²) in [6.07, 6.45) is 1.22. The van der Waals surface area contributed by atoms with Gasteiger partial charge in [-0.1, -0.05) is 39.3 Å². The molecule has 0 saturated carbocycles. The van der Waals surface area contributed by atoms with E-state index < -0.39 is 16.5 Å². The Kier molecular flexibility index (Phi) is 4.57. The summed E-state index contributed by atoms with van der Waals surface area (Å²) in [4.78, 5) is 0. The van der Waals surface area contributed by atoms with Crippen molar-refractivity contribution in [3.8, 4) is 0 Å². The summed E-state index contributed by atoms with van der Waals surface area (Å²) in [5.74, 6) is 0. The molecule has 0 fully saturated rings. The highest BCUT2D eigenvalue weighted by Crippen LogP contribution is 2.20. The standard InChI is InChI=1S/C12H25NSSi2/c1-15(2,3)13(16(4,5)6)9-7-12-8-10-14-11-12/h8,10-11H,7,9H2,1-6H3. The molecule has 1 aromatic rings. The number of hydrogen-bond donors (Lipinski definition) is 0. The van der Waals surface area contributed by atoms with Gasteiger partial charge in [-0.15, -0.1) is 0 Å². The minimum Gasteiger partial charge on any atom is -0.345 e. The van der Waals surface area contributed by atoms with Gasteiger partial charge in [-0.25, -0.2) is 0 Å². The average molecular weight is 272 g/mol. The van der Waals surface area contributed by atoms with Crippen LogP contribution in [0.1, 0.15) is 5.56 Å². The smallest absolute Gasteiger partial charge is 0.112 e. The highest BCUT2D eigenvalue weighted by molar-refractivity contribution is 7.07. The van der Waals surface area contributed by atoms with Gasteiger partial charge >= 0.3 is 0 Å². The predicted molar refractivity (Wildman–Crippen MR) is 81.4 cm³/mol. The number of hydrogen-bond acceptors (Lipinski definition) is 2. The second-order valence-corrected chi connectivity index (χ2v) is 17.4. The largest absolute Gasteiger partial charge is 0.345 e. The molecule has 0 atom stereocenters. The molecule has 0 amide bonds. The van der Waals surface area contributed by atoms with Crippen molar-refractivity contribution in [3.63, 3.8) is 0 Å². The van der Waals surface area contributed by atoms with E-state index >= 15 is 0 Å². The zero-order chi connectivity index (χ0) is 12.4. The lowest BCUT2D eigenvalue weighted by atomic mass is 10.2. The average Bonchev–Trinajstić information content (AvgIpc) is 2.51. The Hall–Kier alpha value is 0.0938. The van der Waals surface area contributed by atoms with Crippen molar-refractivity contribution in [2.75, 3.05) is 6.54 Å². The van der Waals surface area contributed by atoms with Crippen molar-refractivity contribution in [2.45, 2.75) is 45.7 Å². The molecule has 1 nitrogen and oxygen atoms in total. The molecule has 0 bridgehead atoms. The van der Waals surface area contributed by atoms with Crippen molar-refractivity contribution >= 4 is 27.8 Å². The van der Waals surface area contributed by atoms with Gasteiger partial charge in [0.15, 0.2) is 0 Å². The second-order valence-electron chi connectivity index (χ2n) is 6.37. The van der Waals surface area contributed by atoms with Crippen molar-refractivity contribution in [2.24, 2.45) is 0 Å². The van der Waals surface area contributed by atoms with Crippen LogP contribution in [-0.2, 0) is 6.42 Å². The van der Waals surface area contributed by atoms with Gasteiger partial charge in [-0.2, -0.15) is 11.3 Å². The van der Waals surface area contributed by atoms with E-state index in [1.807, 2.05) is 11.3 Å². The molecule has 0 saturated heterocycles. The maximum Gasteiger partial charge on any atom is 0.112 e. The Morgan fingerprint density at radius 3 is 2.00 bits per heavy atom. The molecular weight excluding hydrogens is 246 g/mol. The Morgan fingerprint density at radius 1 is 1.06 bits per heavy atom. The van der Waals surface area contributed by atoms with Crippen LogP contribution >= 0.6 is 11.3 Å². The third-order valence-electron chi connectivity index (χ3n) is 2.82. The van der Waals surface area contributed by atoms with Gasteiger partial charge in [0.05, 0.1) is 0 Å². The lowest BCUT2D eigenvalue weighted by molar-refractivity contribution is 0.613. The van der Waals surface area contributed by atoms with E-state index in [0.29, 0.717) is 0 Å². The molecule has 0 spiro atoms. The van der Waals surface area contributed by atoms with Crippen molar-refractivity contribution in [1.29, 1.82) is 0 Å². The minimum absolute atomic E-state index is 1.16. The third-order valence-corrected chi connectivity index (χ3v) is 11.3. The molecule has 16 heavy (non-hydrogen) atoms. The third kappa shape index (κ3) is 4.16. The van der Waals surface area contributed by atoms with E-state index in [2.05, 4.69) is 60.3 Å². The van der Waals surface area contributed by atoms with Gasteiger partial charge in [0.1, 0.15) is 16.5 Å². The van der Waals surface area contributed by atoms with E-state index in [1.54, 1.807) is 0 Å². The molecule has 0 aliphatic rings. The topological polar surface area (TPSA) is 3.24 Å². The fourth-order valence-corrected chi connectivity index (χ4v) is 12.7. The summed E-state index contributed by atoms with van der Waals surface area (Å²) < 4.78 is 2.86. The molecule has 0 aliphatic carbocycles. The van der Waals surface area contributed by atoms with Crippen LogP contribution < -0.4 is 0 Å². The lowest BCUT2D eigenvalue weighted by Crippen LogP contribution is -2.59. The zero-order valence-electron chi connectivity index (χ0n) is 11.5. The van der Waals surface area contributed by atoms with Crippen LogP contribution in [0.4, 0.5) is 0 Å². The first-order valence-corrected chi connectivity index (χ1v) is 13.8. The van der Waals surface area contributed by atoms with Crippen LogP contribution in [0.5, 0.6) is 0 Å². The number of rotatable bonds is 5. The van der Waals surface area contributed by atoms with E-state index in [9.17, 15) is 0 Å². The monoisotopic (exact) mass is 271 g/mol. The van der Waals surface area contributed by atoms with Crippen molar-refractivity contribution < 1.29 is 0 Å². The SMILES string of the molecule is C[Si](C)(C)N(CCc1ccsc1)[Si](C)(C)C. The molecule has 0 aliphatic heterocycles. The van der Waals surface area contributed by atoms with Gasteiger partial charge < -0.3 is 4.23 Å². The van der Waals surface area contributed by atoms with Gasteiger partial charge in [-0.05, 0) is 35.4 Å². The first-order chi connectivity index (χ1) is 7.21. The van der Waals surface area contributed by atoms with Gasteiger partial charge in [-0.3, -0.25) is 0 Å². The maximum atomic E-state index is 2.86. The Labute approximate surface area is 107 Å². The van der Waals surface area contributed by atoms with Crippen LogP contribution in [0, 0.1) is 0 Å². The molecule has 92 valence electrons. The fraction of sp³-hybridized carbons (Fsp3) is 0.667. The van der Waals surface area contributed by atoms with Gasteiger partial charge in [0, 0.05) is 0 Å². The summed E-state index contributed by atoms with van der Waals surface area (Å²) in [6, 6.07) is 2.26. The van der Waals surface area contributed by atoms with Crippen LogP contribution in [0.15, 0.2) is 16.8 Å². The van der Waals surface area contributed by atoms with Gasteiger partial charge in [0.25, 0.3) is 0 Å². The molecule has 0 unspecified atom stereocenters. The normalized spacial score (nSPS) is 13.4. The van der Waals surface area contributed by atoms with E-state index in [-0.39, 0.29) is 0 Å². The number of nitrogens with zero attached hydrogens (tertiary/aromatic N) is 1. The first-order valence-electron chi connectivity index (χ1n) is 6.00. The molecule has 0 radical (unpaired) electrons. The summed E-state index contributed by atoms with van der Waals surface area (Å²) in [5.41, 5.74) is 1.51. The van der Waals surface area contributed by atoms with Gasteiger partial charge in [0.2, 0.25) is 0 Å². The molecule has 4 heteroatoms.